The summed E-state index contributed by atoms with van der Waals surface area (Å²) in [4.78, 5) is 27.2. The van der Waals surface area contributed by atoms with Gasteiger partial charge < -0.3 is 14.2 Å². The molecule has 0 aliphatic heterocycles. The van der Waals surface area contributed by atoms with Crippen LogP contribution in [0.15, 0.2) is 15.4 Å². The molecule has 0 unspecified atom stereocenters. The van der Waals surface area contributed by atoms with Gasteiger partial charge >= 0.3 is 5.97 Å². The first-order valence-corrected chi connectivity index (χ1v) is 6.13. The molecular formula is C13H15N3O4. The lowest BCUT2D eigenvalue weighted by molar-refractivity contribution is 0.0694. The minimum absolute atomic E-state index is 0.161. The number of rotatable bonds is 4. The van der Waals surface area contributed by atoms with Crippen LogP contribution in [0.4, 0.5) is 0 Å². The summed E-state index contributed by atoms with van der Waals surface area (Å²) in [7, 11) is 0. The van der Waals surface area contributed by atoms with Gasteiger partial charge in [0.05, 0.1) is 5.56 Å². The number of aryl methyl sites for hydroxylation is 3. The lowest BCUT2D eigenvalue weighted by atomic mass is 10.1. The zero-order valence-corrected chi connectivity index (χ0v) is 11.5. The number of carboxylic acid groups (broad SMARTS) is 1. The highest BCUT2D eigenvalue weighted by atomic mass is 16.5. The van der Waals surface area contributed by atoms with E-state index in [1.165, 1.54) is 10.6 Å². The molecule has 0 bridgehead atoms. The standard InChI is InChI=1S/C13H15N3O4/c1-7-6-11(17)16(8(2)12(7)13(18)19)5-4-10-14-9(3)20-15-10/h6H,4-5H2,1-3H3,(H,18,19). The maximum Gasteiger partial charge on any atom is 0.337 e. The third-order valence-electron chi connectivity index (χ3n) is 3.11. The van der Waals surface area contributed by atoms with Gasteiger partial charge in [0.15, 0.2) is 5.82 Å². The van der Waals surface area contributed by atoms with Crippen LogP contribution < -0.4 is 5.56 Å². The van der Waals surface area contributed by atoms with Crippen LogP contribution in [0, 0.1) is 20.8 Å². The highest BCUT2D eigenvalue weighted by molar-refractivity contribution is 5.90. The Balaban J connectivity index is 2.34. The Kier molecular flexibility index (Phi) is 3.69. The van der Waals surface area contributed by atoms with E-state index in [0.717, 1.165) is 0 Å². The Hall–Kier alpha value is -2.44. The topological polar surface area (TPSA) is 98.2 Å². The molecule has 7 nitrogen and oxygen atoms in total. The third kappa shape index (κ3) is 2.61. The van der Waals surface area contributed by atoms with Crippen molar-refractivity contribution in [3.63, 3.8) is 0 Å². The Morgan fingerprint density at radius 1 is 1.40 bits per heavy atom. The smallest absolute Gasteiger partial charge is 0.337 e. The molecule has 0 spiro atoms. The second-order valence-electron chi connectivity index (χ2n) is 4.56. The molecule has 7 heteroatoms. The Bertz CT molecular complexity index is 715. The fraction of sp³-hybridized carbons (Fsp3) is 0.385. The molecule has 0 aliphatic rings. The fourth-order valence-electron chi connectivity index (χ4n) is 2.18. The van der Waals surface area contributed by atoms with E-state index < -0.39 is 5.97 Å². The second kappa shape index (κ2) is 5.28. The van der Waals surface area contributed by atoms with Gasteiger partial charge in [0, 0.05) is 31.6 Å². The van der Waals surface area contributed by atoms with Crippen LogP contribution in [0.2, 0.25) is 0 Å². The average molecular weight is 277 g/mol. The van der Waals surface area contributed by atoms with E-state index in [-0.39, 0.29) is 11.1 Å². The summed E-state index contributed by atoms with van der Waals surface area (Å²) < 4.78 is 6.27. The quantitative estimate of drug-likeness (QED) is 0.898. The maximum atomic E-state index is 12.0. The lowest BCUT2D eigenvalue weighted by Gasteiger charge is -2.13. The van der Waals surface area contributed by atoms with Gasteiger partial charge in [-0.3, -0.25) is 4.79 Å². The molecule has 0 amide bonds. The first-order valence-electron chi connectivity index (χ1n) is 6.13. The summed E-state index contributed by atoms with van der Waals surface area (Å²) in [5, 5.41) is 12.9. The minimum Gasteiger partial charge on any atom is -0.478 e. The molecule has 1 N–H and O–H groups in total. The largest absolute Gasteiger partial charge is 0.478 e. The molecule has 20 heavy (non-hydrogen) atoms. The molecule has 0 aromatic carbocycles. The van der Waals surface area contributed by atoms with Crippen molar-refractivity contribution in [1.82, 2.24) is 14.7 Å². The van der Waals surface area contributed by atoms with Crippen molar-refractivity contribution in [2.75, 3.05) is 0 Å². The molecule has 0 aliphatic carbocycles. The van der Waals surface area contributed by atoms with E-state index >= 15 is 0 Å². The maximum absolute atomic E-state index is 12.0. The van der Waals surface area contributed by atoms with Crippen molar-refractivity contribution in [2.45, 2.75) is 33.7 Å². The van der Waals surface area contributed by atoms with Crippen molar-refractivity contribution in [1.29, 1.82) is 0 Å². The van der Waals surface area contributed by atoms with E-state index in [1.54, 1.807) is 20.8 Å². The normalized spacial score (nSPS) is 10.8. The molecule has 0 radical (unpaired) electrons. The number of hydrogen-bond donors (Lipinski definition) is 1. The first kappa shape index (κ1) is 14.0. The molecule has 106 valence electrons. The van der Waals surface area contributed by atoms with E-state index in [4.69, 9.17) is 4.52 Å². The number of aromatic nitrogens is 3. The van der Waals surface area contributed by atoms with Crippen LogP contribution in [0.1, 0.15) is 33.3 Å². The highest BCUT2D eigenvalue weighted by Gasteiger charge is 2.16. The summed E-state index contributed by atoms with van der Waals surface area (Å²) in [5.41, 5.74) is 0.827. The van der Waals surface area contributed by atoms with Crippen molar-refractivity contribution < 1.29 is 14.4 Å². The van der Waals surface area contributed by atoms with Crippen molar-refractivity contribution in [2.24, 2.45) is 0 Å². The molecule has 0 atom stereocenters. The van der Waals surface area contributed by atoms with Gasteiger partial charge in [-0.25, -0.2) is 4.79 Å². The van der Waals surface area contributed by atoms with Gasteiger partial charge in [0.2, 0.25) is 5.89 Å². The predicted octanol–water partition coefficient (Wildman–Crippen LogP) is 1.10. The number of carboxylic acids is 1. The van der Waals surface area contributed by atoms with Crippen LogP contribution in [-0.2, 0) is 13.0 Å². The Labute approximate surface area is 114 Å². The monoisotopic (exact) mass is 277 g/mol. The average Bonchev–Trinajstić information content (AvgIpc) is 2.73. The molecule has 2 aromatic rings. The van der Waals surface area contributed by atoms with Crippen LogP contribution in [0.3, 0.4) is 0 Å². The molecule has 2 aromatic heterocycles. The zero-order valence-electron chi connectivity index (χ0n) is 11.5. The summed E-state index contributed by atoms with van der Waals surface area (Å²) in [6.45, 7) is 5.23. The van der Waals surface area contributed by atoms with Gasteiger partial charge in [0.25, 0.3) is 5.56 Å². The molecule has 2 rings (SSSR count). The summed E-state index contributed by atoms with van der Waals surface area (Å²) in [6, 6.07) is 1.33. The number of carbonyl (C=O) groups is 1. The summed E-state index contributed by atoms with van der Waals surface area (Å²) in [5.74, 6) is -0.0883. The van der Waals surface area contributed by atoms with Gasteiger partial charge in [-0.1, -0.05) is 5.16 Å². The Morgan fingerprint density at radius 2 is 2.10 bits per heavy atom. The minimum atomic E-state index is -1.04. The second-order valence-corrected chi connectivity index (χ2v) is 4.56. The summed E-state index contributed by atoms with van der Waals surface area (Å²) in [6.07, 6.45) is 0.403. The van der Waals surface area contributed by atoms with Crippen molar-refractivity contribution >= 4 is 5.97 Å². The van der Waals surface area contributed by atoms with Gasteiger partial charge in [-0.15, -0.1) is 0 Å². The predicted molar refractivity (Wildman–Crippen MR) is 69.9 cm³/mol. The molecule has 0 fully saturated rings. The lowest BCUT2D eigenvalue weighted by Crippen LogP contribution is -2.26. The van der Waals surface area contributed by atoms with E-state index in [0.29, 0.717) is 35.9 Å². The molecular weight excluding hydrogens is 262 g/mol. The number of nitrogens with zero attached hydrogens (tertiary/aromatic N) is 3. The van der Waals surface area contributed by atoms with Crippen LogP contribution in [-0.4, -0.2) is 25.8 Å². The van der Waals surface area contributed by atoms with Crippen LogP contribution in [0.25, 0.3) is 0 Å². The summed E-state index contributed by atoms with van der Waals surface area (Å²) >= 11 is 0. The van der Waals surface area contributed by atoms with Crippen LogP contribution >= 0.6 is 0 Å². The SMILES string of the molecule is Cc1nc(CCn2c(C)c(C(=O)O)c(C)cc2=O)no1. The van der Waals surface area contributed by atoms with Crippen molar-refractivity contribution in [3.05, 3.63) is 45.0 Å². The van der Waals surface area contributed by atoms with Gasteiger partial charge in [-0.05, 0) is 19.4 Å². The van der Waals surface area contributed by atoms with E-state index in [9.17, 15) is 14.7 Å². The van der Waals surface area contributed by atoms with E-state index in [1.807, 2.05) is 0 Å². The van der Waals surface area contributed by atoms with E-state index in [2.05, 4.69) is 10.1 Å². The zero-order chi connectivity index (χ0) is 14.9. The van der Waals surface area contributed by atoms with Gasteiger partial charge in [-0.2, -0.15) is 4.98 Å². The van der Waals surface area contributed by atoms with Crippen LogP contribution in [0.5, 0.6) is 0 Å². The number of hydrogen-bond acceptors (Lipinski definition) is 5. The van der Waals surface area contributed by atoms with Crippen molar-refractivity contribution in [3.8, 4) is 0 Å². The van der Waals surface area contributed by atoms with Gasteiger partial charge in [0.1, 0.15) is 0 Å². The molecule has 0 saturated heterocycles. The fourth-order valence-corrected chi connectivity index (χ4v) is 2.18. The third-order valence-corrected chi connectivity index (χ3v) is 3.11. The molecule has 0 saturated carbocycles. The first-order chi connectivity index (χ1) is 9.40. The molecule has 2 heterocycles. The Morgan fingerprint density at radius 3 is 2.65 bits per heavy atom. The number of aromatic carboxylic acids is 1. The number of pyridine rings is 1. The highest BCUT2D eigenvalue weighted by Crippen LogP contribution is 2.11.